The second-order valence-corrected chi connectivity index (χ2v) is 6.12. The third kappa shape index (κ3) is 3.69. The van der Waals surface area contributed by atoms with Gasteiger partial charge in [-0.3, -0.25) is 0 Å². The van der Waals surface area contributed by atoms with Crippen molar-refractivity contribution in [3.8, 4) is 11.5 Å². The van der Waals surface area contributed by atoms with Gasteiger partial charge < -0.3 is 19.7 Å². The molecule has 24 heavy (non-hydrogen) atoms. The van der Waals surface area contributed by atoms with E-state index < -0.39 is 0 Å². The summed E-state index contributed by atoms with van der Waals surface area (Å²) in [5.74, 6) is 3.68. The molecule has 1 aliphatic heterocycles. The summed E-state index contributed by atoms with van der Waals surface area (Å²) in [7, 11) is 3.28. The first kappa shape index (κ1) is 16.4. The van der Waals surface area contributed by atoms with Crippen LogP contribution in [-0.4, -0.2) is 37.3 Å². The Balaban J connectivity index is 1.82. The number of piperidine rings is 1. The molecule has 0 bridgehead atoms. The lowest BCUT2D eigenvalue weighted by atomic mass is 10.0. The average Bonchev–Trinajstić information content (AvgIpc) is 2.62. The van der Waals surface area contributed by atoms with Crippen LogP contribution in [0.2, 0.25) is 0 Å². The summed E-state index contributed by atoms with van der Waals surface area (Å²) in [4.78, 5) is 11.3. The molecule has 1 N–H and O–H groups in total. The van der Waals surface area contributed by atoms with E-state index in [0.717, 1.165) is 36.1 Å². The van der Waals surface area contributed by atoms with E-state index >= 15 is 0 Å². The van der Waals surface area contributed by atoms with E-state index in [1.165, 1.54) is 12.8 Å². The van der Waals surface area contributed by atoms with Gasteiger partial charge in [0.25, 0.3) is 0 Å². The zero-order chi connectivity index (χ0) is 16.9. The van der Waals surface area contributed by atoms with E-state index in [-0.39, 0.29) is 0 Å². The van der Waals surface area contributed by atoms with Gasteiger partial charge in [-0.2, -0.15) is 4.98 Å². The molecule has 1 aromatic heterocycles. The molecule has 6 nitrogen and oxygen atoms in total. The normalized spacial score (nSPS) is 17.5. The van der Waals surface area contributed by atoms with Crippen molar-refractivity contribution in [2.75, 3.05) is 37.5 Å². The molecular weight excluding hydrogens is 304 g/mol. The van der Waals surface area contributed by atoms with Crippen LogP contribution in [0.5, 0.6) is 11.5 Å². The highest BCUT2D eigenvalue weighted by atomic mass is 16.5. The Hall–Kier alpha value is -2.50. The Labute approximate surface area is 142 Å². The Kier molecular flexibility index (Phi) is 5.03. The number of rotatable bonds is 5. The van der Waals surface area contributed by atoms with E-state index in [1.807, 2.05) is 24.3 Å². The van der Waals surface area contributed by atoms with Gasteiger partial charge in [0, 0.05) is 25.4 Å². The number of hydrogen-bond donors (Lipinski definition) is 1. The molecule has 1 atom stereocenters. The minimum Gasteiger partial charge on any atom is -0.497 e. The van der Waals surface area contributed by atoms with Crippen molar-refractivity contribution in [2.45, 2.75) is 19.8 Å². The van der Waals surface area contributed by atoms with Crippen LogP contribution >= 0.6 is 0 Å². The van der Waals surface area contributed by atoms with Gasteiger partial charge in [0.15, 0.2) is 0 Å². The zero-order valence-corrected chi connectivity index (χ0v) is 14.5. The van der Waals surface area contributed by atoms with Crippen molar-refractivity contribution in [1.82, 2.24) is 9.97 Å². The molecule has 0 radical (unpaired) electrons. The molecule has 1 unspecified atom stereocenters. The van der Waals surface area contributed by atoms with Crippen molar-refractivity contribution < 1.29 is 9.47 Å². The molecule has 0 spiro atoms. The molecule has 128 valence electrons. The molecule has 1 aliphatic rings. The van der Waals surface area contributed by atoms with Crippen molar-refractivity contribution >= 4 is 17.5 Å². The van der Waals surface area contributed by atoms with Crippen LogP contribution in [0.15, 0.2) is 30.5 Å². The highest BCUT2D eigenvalue weighted by Crippen LogP contribution is 2.31. The fourth-order valence-electron chi connectivity index (χ4n) is 3.02. The van der Waals surface area contributed by atoms with Gasteiger partial charge in [-0.25, -0.2) is 4.98 Å². The number of nitrogens with zero attached hydrogens (tertiary/aromatic N) is 3. The van der Waals surface area contributed by atoms with Gasteiger partial charge in [-0.15, -0.1) is 0 Å². The van der Waals surface area contributed by atoms with Gasteiger partial charge >= 0.3 is 0 Å². The van der Waals surface area contributed by atoms with Crippen LogP contribution < -0.4 is 19.7 Å². The van der Waals surface area contributed by atoms with E-state index in [2.05, 4.69) is 27.1 Å². The van der Waals surface area contributed by atoms with E-state index in [0.29, 0.717) is 11.9 Å². The maximum Gasteiger partial charge on any atom is 0.229 e. The van der Waals surface area contributed by atoms with Gasteiger partial charge in [0.2, 0.25) is 5.95 Å². The van der Waals surface area contributed by atoms with Gasteiger partial charge in [0.1, 0.15) is 17.3 Å². The summed E-state index contributed by atoms with van der Waals surface area (Å²) in [5.41, 5.74) is 0.779. The highest BCUT2D eigenvalue weighted by molar-refractivity contribution is 5.65. The van der Waals surface area contributed by atoms with Gasteiger partial charge in [0.05, 0.1) is 19.9 Å². The van der Waals surface area contributed by atoms with Gasteiger partial charge in [-0.1, -0.05) is 6.92 Å². The number of ether oxygens (including phenoxy) is 2. The summed E-state index contributed by atoms with van der Waals surface area (Å²) < 4.78 is 10.7. The van der Waals surface area contributed by atoms with Crippen molar-refractivity contribution in [2.24, 2.45) is 5.92 Å². The second kappa shape index (κ2) is 7.38. The molecule has 2 heterocycles. The Morgan fingerprint density at radius 2 is 2.08 bits per heavy atom. The van der Waals surface area contributed by atoms with Crippen molar-refractivity contribution in [3.05, 3.63) is 30.5 Å². The molecule has 0 saturated carbocycles. The molecular formula is C18H24N4O2. The molecule has 0 aliphatic carbocycles. The van der Waals surface area contributed by atoms with Gasteiger partial charge in [-0.05, 0) is 37.0 Å². The Morgan fingerprint density at radius 1 is 1.21 bits per heavy atom. The maximum atomic E-state index is 5.39. The number of aromatic nitrogens is 2. The van der Waals surface area contributed by atoms with E-state index in [1.54, 1.807) is 20.4 Å². The standard InChI is InChI=1S/C18H24N4O2/c1-13-5-4-10-22(12-13)17-8-9-19-18(21-17)20-15-11-14(23-2)6-7-16(15)24-3/h6-9,11,13H,4-5,10,12H2,1-3H3,(H,19,20,21). The fourth-order valence-corrected chi connectivity index (χ4v) is 3.02. The Morgan fingerprint density at radius 3 is 2.83 bits per heavy atom. The number of anilines is 3. The minimum absolute atomic E-state index is 0.553. The summed E-state index contributed by atoms with van der Waals surface area (Å²) in [6, 6.07) is 7.55. The lowest BCUT2D eigenvalue weighted by Crippen LogP contribution is -2.34. The molecule has 1 saturated heterocycles. The van der Waals surface area contributed by atoms with E-state index in [9.17, 15) is 0 Å². The molecule has 3 rings (SSSR count). The summed E-state index contributed by atoms with van der Waals surface area (Å²) in [6.07, 6.45) is 4.28. The second-order valence-electron chi connectivity index (χ2n) is 6.12. The summed E-state index contributed by atoms with van der Waals surface area (Å²) in [5, 5.41) is 3.23. The first-order valence-electron chi connectivity index (χ1n) is 8.26. The largest absolute Gasteiger partial charge is 0.497 e. The smallest absolute Gasteiger partial charge is 0.229 e. The molecule has 6 heteroatoms. The summed E-state index contributed by atoms with van der Waals surface area (Å²) in [6.45, 7) is 4.37. The predicted octanol–water partition coefficient (Wildman–Crippen LogP) is 3.47. The van der Waals surface area contributed by atoms with Crippen LogP contribution in [0.4, 0.5) is 17.5 Å². The number of nitrogens with one attached hydrogen (secondary N) is 1. The van der Waals surface area contributed by atoms with Crippen molar-refractivity contribution in [1.29, 1.82) is 0 Å². The van der Waals surface area contributed by atoms with Crippen LogP contribution in [0.1, 0.15) is 19.8 Å². The van der Waals surface area contributed by atoms with Crippen molar-refractivity contribution in [3.63, 3.8) is 0 Å². The SMILES string of the molecule is COc1ccc(OC)c(Nc2nccc(N3CCCC(C)C3)n2)c1. The lowest BCUT2D eigenvalue weighted by molar-refractivity contribution is 0.405. The van der Waals surface area contributed by atoms with E-state index in [4.69, 9.17) is 9.47 Å². The van der Waals surface area contributed by atoms with Crippen LogP contribution in [-0.2, 0) is 0 Å². The number of methoxy groups -OCH3 is 2. The summed E-state index contributed by atoms with van der Waals surface area (Å²) >= 11 is 0. The average molecular weight is 328 g/mol. The third-order valence-electron chi connectivity index (χ3n) is 4.28. The quantitative estimate of drug-likeness (QED) is 0.907. The molecule has 2 aromatic rings. The fraction of sp³-hybridized carbons (Fsp3) is 0.444. The third-order valence-corrected chi connectivity index (χ3v) is 4.28. The van der Waals surface area contributed by atoms with Crippen LogP contribution in [0.3, 0.4) is 0 Å². The number of hydrogen-bond acceptors (Lipinski definition) is 6. The first-order valence-corrected chi connectivity index (χ1v) is 8.26. The zero-order valence-electron chi connectivity index (χ0n) is 14.5. The first-order chi connectivity index (χ1) is 11.7. The lowest BCUT2D eigenvalue weighted by Gasteiger charge is -2.31. The molecule has 1 aromatic carbocycles. The predicted molar refractivity (Wildman–Crippen MR) is 95.5 cm³/mol. The maximum absolute atomic E-state index is 5.39. The highest BCUT2D eigenvalue weighted by Gasteiger charge is 2.18. The monoisotopic (exact) mass is 328 g/mol. The Bertz CT molecular complexity index is 692. The minimum atomic E-state index is 0.553. The number of benzene rings is 1. The topological polar surface area (TPSA) is 59.5 Å². The molecule has 1 fully saturated rings. The van der Waals surface area contributed by atoms with Crippen LogP contribution in [0.25, 0.3) is 0 Å². The molecule has 0 amide bonds. The van der Waals surface area contributed by atoms with Crippen LogP contribution in [0, 0.1) is 5.92 Å².